The summed E-state index contributed by atoms with van der Waals surface area (Å²) in [4.78, 5) is 12.7. The zero-order valence-electron chi connectivity index (χ0n) is 11.1. The Morgan fingerprint density at radius 2 is 2.10 bits per heavy atom. The van der Waals surface area contributed by atoms with Gasteiger partial charge in [0.15, 0.2) is 0 Å². The fourth-order valence-electron chi connectivity index (χ4n) is 4.43. The minimum Gasteiger partial charge on any atom is -0.266 e. The Hall–Kier alpha value is -0.870. The van der Waals surface area contributed by atoms with Gasteiger partial charge in [0.2, 0.25) is 0 Å². The normalized spacial score (nSPS) is 38.0. The first kappa shape index (κ1) is 12.8. The summed E-state index contributed by atoms with van der Waals surface area (Å²) in [5, 5.41) is 6.38. The van der Waals surface area contributed by atoms with E-state index in [2.05, 4.69) is 10.5 Å². The van der Waals surface area contributed by atoms with Gasteiger partial charge in [0.1, 0.15) is 0 Å². The summed E-state index contributed by atoms with van der Waals surface area (Å²) in [6, 6.07) is 3.71. The molecule has 1 aromatic rings. The lowest BCUT2D eigenvalue weighted by molar-refractivity contribution is 0.0953. The van der Waals surface area contributed by atoms with E-state index in [9.17, 15) is 4.79 Å². The quantitative estimate of drug-likeness (QED) is 0.657. The third-order valence-corrected chi connectivity index (χ3v) is 6.31. The number of hydrazone groups is 1. The Labute approximate surface area is 127 Å². The van der Waals surface area contributed by atoms with E-state index in [1.54, 1.807) is 0 Å². The number of halogens is 1. The fraction of sp³-hybridized carbons (Fsp3) is 0.600. The molecular formula is C15H17ClN2OS. The molecule has 4 saturated carbocycles. The molecule has 0 saturated heterocycles. The minimum atomic E-state index is -0.0955. The standard InChI is InChI=1S/C15H17ClN2OS/c16-15-6-9-4-10(7-15)13(11(5-9)8-15)17-18-14(19)12-2-1-3-20-12/h1-3,9-11H,4-8H2,(H,18,19)/t9?,10-,11-,15?/m0/s1. The summed E-state index contributed by atoms with van der Waals surface area (Å²) >= 11 is 8.14. The lowest BCUT2D eigenvalue weighted by Crippen LogP contribution is -2.53. The number of nitrogens with zero attached hydrogens (tertiary/aromatic N) is 1. The molecule has 5 heteroatoms. The third-order valence-electron chi connectivity index (χ3n) is 4.98. The second-order valence-corrected chi connectivity index (χ2v) is 8.20. The molecule has 0 aromatic carbocycles. The predicted octanol–water partition coefficient (Wildman–Crippen LogP) is 3.65. The van der Waals surface area contributed by atoms with Gasteiger partial charge in [-0.05, 0) is 49.5 Å². The number of hydrogen-bond donors (Lipinski definition) is 1. The van der Waals surface area contributed by atoms with Crippen LogP contribution >= 0.6 is 22.9 Å². The Morgan fingerprint density at radius 1 is 1.35 bits per heavy atom. The molecule has 0 aliphatic heterocycles. The molecule has 4 aliphatic rings. The maximum absolute atomic E-state index is 12.0. The van der Waals surface area contributed by atoms with E-state index in [4.69, 9.17) is 11.6 Å². The van der Waals surface area contributed by atoms with E-state index < -0.39 is 0 Å². The van der Waals surface area contributed by atoms with E-state index in [1.165, 1.54) is 36.3 Å². The zero-order chi connectivity index (χ0) is 13.7. The van der Waals surface area contributed by atoms with Crippen LogP contribution in [-0.2, 0) is 0 Å². The number of carbonyl (C=O) groups is 1. The molecule has 1 amide bonds. The van der Waals surface area contributed by atoms with E-state index in [0.717, 1.165) is 18.8 Å². The molecule has 1 heterocycles. The molecule has 0 radical (unpaired) electrons. The van der Waals surface area contributed by atoms with Crippen molar-refractivity contribution < 1.29 is 4.79 Å². The topological polar surface area (TPSA) is 41.5 Å². The average Bonchev–Trinajstić information content (AvgIpc) is 2.89. The van der Waals surface area contributed by atoms with Crippen molar-refractivity contribution in [1.82, 2.24) is 5.43 Å². The molecule has 4 fully saturated rings. The molecule has 0 spiro atoms. The molecular weight excluding hydrogens is 292 g/mol. The molecule has 20 heavy (non-hydrogen) atoms. The van der Waals surface area contributed by atoms with Crippen molar-refractivity contribution in [3.63, 3.8) is 0 Å². The second kappa shape index (κ2) is 4.57. The van der Waals surface area contributed by atoms with E-state index in [-0.39, 0.29) is 10.8 Å². The second-order valence-electron chi connectivity index (χ2n) is 6.45. The molecule has 1 N–H and O–H groups in total. The SMILES string of the molecule is O=C(NN=C1[C@H]2CC3C[C@H]1CC(Cl)(C3)C2)c1cccs1. The van der Waals surface area contributed by atoms with Crippen molar-refractivity contribution in [1.29, 1.82) is 0 Å². The van der Waals surface area contributed by atoms with Crippen LogP contribution in [0.4, 0.5) is 0 Å². The number of alkyl halides is 1. The highest BCUT2D eigenvalue weighted by atomic mass is 35.5. The van der Waals surface area contributed by atoms with Crippen LogP contribution in [0.2, 0.25) is 0 Å². The zero-order valence-corrected chi connectivity index (χ0v) is 12.7. The van der Waals surface area contributed by atoms with Gasteiger partial charge < -0.3 is 0 Å². The van der Waals surface area contributed by atoms with Gasteiger partial charge in [-0.1, -0.05) is 6.07 Å². The minimum absolute atomic E-state index is 0.0211. The van der Waals surface area contributed by atoms with Crippen LogP contribution in [0.25, 0.3) is 0 Å². The molecule has 106 valence electrons. The highest BCUT2D eigenvalue weighted by Crippen LogP contribution is 2.57. The van der Waals surface area contributed by atoms with Gasteiger partial charge in [-0.3, -0.25) is 4.79 Å². The summed E-state index contributed by atoms with van der Waals surface area (Å²) in [6.07, 6.45) is 5.66. The summed E-state index contributed by atoms with van der Waals surface area (Å²) in [5.74, 6) is 1.66. The van der Waals surface area contributed by atoms with Crippen LogP contribution in [0.3, 0.4) is 0 Å². The fourth-order valence-corrected chi connectivity index (χ4v) is 5.63. The maximum atomic E-state index is 12.0. The van der Waals surface area contributed by atoms with Gasteiger partial charge in [0.05, 0.1) is 4.88 Å². The first-order valence-corrected chi connectivity index (χ1v) is 8.49. The maximum Gasteiger partial charge on any atom is 0.281 e. The van der Waals surface area contributed by atoms with E-state index in [0.29, 0.717) is 16.7 Å². The van der Waals surface area contributed by atoms with Crippen molar-refractivity contribution in [3.8, 4) is 0 Å². The number of carbonyl (C=O) groups excluding carboxylic acids is 1. The van der Waals surface area contributed by atoms with Gasteiger partial charge in [-0.2, -0.15) is 5.10 Å². The van der Waals surface area contributed by atoms with Crippen LogP contribution in [-0.4, -0.2) is 16.5 Å². The third kappa shape index (κ3) is 2.09. The summed E-state index contributed by atoms with van der Waals surface area (Å²) in [7, 11) is 0. The lowest BCUT2D eigenvalue weighted by atomic mass is 9.55. The van der Waals surface area contributed by atoms with Crippen LogP contribution in [0.1, 0.15) is 41.8 Å². The van der Waals surface area contributed by atoms with Crippen LogP contribution in [0.15, 0.2) is 22.6 Å². The predicted molar refractivity (Wildman–Crippen MR) is 81.4 cm³/mol. The van der Waals surface area contributed by atoms with Gasteiger partial charge in [0, 0.05) is 22.4 Å². The number of thiophene rings is 1. The first-order valence-electron chi connectivity index (χ1n) is 7.23. The smallest absolute Gasteiger partial charge is 0.266 e. The molecule has 0 unspecified atom stereocenters. The van der Waals surface area contributed by atoms with E-state index >= 15 is 0 Å². The largest absolute Gasteiger partial charge is 0.281 e. The van der Waals surface area contributed by atoms with Gasteiger partial charge in [0.25, 0.3) is 5.91 Å². The molecule has 4 aliphatic carbocycles. The number of hydrogen-bond acceptors (Lipinski definition) is 3. The molecule has 2 atom stereocenters. The van der Waals surface area contributed by atoms with Crippen molar-refractivity contribution in [2.24, 2.45) is 22.9 Å². The Bertz CT molecular complexity index is 550. The highest BCUT2D eigenvalue weighted by Gasteiger charge is 2.53. The van der Waals surface area contributed by atoms with Crippen LogP contribution < -0.4 is 5.43 Å². The molecule has 1 aromatic heterocycles. The first-order chi connectivity index (χ1) is 9.63. The van der Waals surface area contributed by atoms with Crippen molar-refractivity contribution in [3.05, 3.63) is 22.4 Å². The van der Waals surface area contributed by atoms with Crippen molar-refractivity contribution in [2.75, 3.05) is 0 Å². The summed E-state index contributed by atoms with van der Waals surface area (Å²) in [5.41, 5.74) is 3.94. The molecule has 3 nitrogen and oxygen atoms in total. The van der Waals surface area contributed by atoms with Gasteiger partial charge in [-0.15, -0.1) is 22.9 Å². The lowest BCUT2D eigenvalue weighted by Gasteiger charge is -2.54. The van der Waals surface area contributed by atoms with Crippen LogP contribution in [0, 0.1) is 17.8 Å². The number of rotatable bonds is 2. The summed E-state index contributed by atoms with van der Waals surface area (Å²) < 4.78 is 0. The highest BCUT2D eigenvalue weighted by molar-refractivity contribution is 7.12. The van der Waals surface area contributed by atoms with Gasteiger partial charge >= 0.3 is 0 Å². The number of amides is 1. The Morgan fingerprint density at radius 3 is 2.70 bits per heavy atom. The summed E-state index contributed by atoms with van der Waals surface area (Å²) in [6.45, 7) is 0. The van der Waals surface area contributed by atoms with Crippen molar-refractivity contribution in [2.45, 2.75) is 37.0 Å². The van der Waals surface area contributed by atoms with Crippen LogP contribution in [0.5, 0.6) is 0 Å². The van der Waals surface area contributed by atoms with Gasteiger partial charge in [-0.25, -0.2) is 5.43 Å². The monoisotopic (exact) mass is 308 g/mol. The van der Waals surface area contributed by atoms with Crippen molar-refractivity contribution >= 4 is 34.6 Å². The Kier molecular flexibility index (Phi) is 2.93. The molecule has 4 bridgehead atoms. The Balaban J connectivity index is 1.52. The number of nitrogens with one attached hydrogen (secondary N) is 1. The van der Waals surface area contributed by atoms with E-state index in [1.807, 2.05) is 17.5 Å². The average molecular weight is 309 g/mol. The molecule has 5 rings (SSSR count).